The summed E-state index contributed by atoms with van der Waals surface area (Å²) in [6, 6.07) is 9.03. The molecule has 2 unspecified atom stereocenters. The molecule has 0 aliphatic heterocycles. The van der Waals surface area contributed by atoms with Crippen LogP contribution >= 0.6 is 11.3 Å². The number of hydrogen-bond donors (Lipinski definition) is 1. The molecule has 0 radical (unpaired) electrons. The zero-order chi connectivity index (χ0) is 14.5. The minimum absolute atomic E-state index is 0.126. The number of nitrogens with zero attached hydrogens (tertiary/aromatic N) is 2. The van der Waals surface area contributed by atoms with Gasteiger partial charge in [0.05, 0.1) is 11.2 Å². The summed E-state index contributed by atoms with van der Waals surface area (Å²) in [5, 5.41) is 2.10. The van der Waals surface area contributed by atoms with Crippen LogP contribution in [0.25, 0.3) is 0 Å². The molecule has 0 aliphatic carbocycles. The first-order valence-electron chi connectivity index (χ1n) is 7.01. The zero-order valence-electron chi connectivity index (χ0n) is 12.4. The van der Waals surface area contributed by atoms with Crippen molar-refractivity contribution in [1.82, 2.24) is 9.88 Å². The predicted octanol–water partition coefficient (Wildman–Crippen LogP) is 3.36. The lowest BCUT2D eigenvalue weighted by Crippen LogP contribution is -2.38. The van der Waals surface area contributed by atoms with E-state index in [1.807, 2.05) is 5.51 Å². The number of aryl methyl sites for hydroxylation is 1. The van der Waals surface area contributed by atoms with Gasteiger partial charge in [0.25, 0.3) is 0 Å². The maximum Gasteiger partial charge on any atom is 0.0795 e. The molecule has 0 amide bonds. The third kappa shape index (κ3) is 3.66. The van der Waals surface area contributed by atoms with Gasteiger partial charge >= 0.3 is 0 Å². The SMILES string of the molecule is CCC(N)C(c1ccc(C)cc1)N(C)Cc1cscn1. The highest BCUT2D eigenvalue weighted by Crippen LogP contribution is 2.25. The van der Waals surface area contributed by atoms with Crippen molar-refractivity contribution >= 4 is 11.3 Å². The maximum absolute atomic E-state index is 6.36. The minimum Gasteiger partial charge on any atom is -0.326 e. The molecule has 1 aromatic carbocycles. The van der Waals surface area contributed by atoms with Crippen LogP contribution < -0.4 is 5.73 Å². The topological polar surface area (TPSA) is 42.1 Å². The van der Waals surface area contributed by atoms with Crippen LogP contribution in [-0.2, 0) is 6.54 Å². The summed E-state index contributed by atoms with van der Waals surface area (Å²) >= 11 is 1.64. The second kappa shape index (κ2) is 6.97. The number of hydrogen-bond acceptors (Lipinski definition) is 4. The van der Waals surface area contributed by atoms with E-state index in [9.17, 15) is 0 Å². The molecule has 0 aliphatic rings. The van der Waals surface area contributed by atoms with Crippen LogP contribution in [0.3, 0.4) is 0 Å². The van der Waals surface area contributed by atoms with Crippen molar-refractivity contribution in [3.8, 4) is 0 Å². The molecular weight excluding hydrogens is 266 g/mol. The van der Waals surface area contributed by atoms with E-state index in [1.165, 1.54) is 11.1 Å². The molecule has 2 N–H and O–H groups in total. The Bertz CT molecular complexity index is 507. The van der Waals surface area contributed by atoms with E-state index in [-0.39, 0.29) is 12.1 Å². The molecule has 0 fully saturated rings. The standard InChI is InChI=1S/C16H23N3S/c1-4-15(17)16(13-7-5-12(2)6-8-13)19(3)9-14-10-20-11-18-14/h5-8,10-11,15-16H,4,9,17H2,1-3H3. The van der Waals surface area contributed by atoms with E-state index in [2.05, 4.69) is 60.4 Å². The fraction of sp³-hybridized carbons (Fsp3) is 0.438. The Morgan fingerprint density at radius 3 is 2.55 bits per heavy atom. The Morgan fingerprint density at radius 2 is 2.00 bits per heavy atom. The van der Waals surface area contributed by atoms with E-state index in [0.717, 1.165) is 18.7 Å². The van der Waals surface area contributed by atoms with Gasteiger partial charge in [0.1, 0.15) is 0 Å². The minimum atomic E-state index is 0.126. The van der Waals surface area contributed by atoms with Crippen LogP contribution in [0.15, 0.2) is 35.2 Å². The molecule has 20 heavy (non-hydrogen) atoms. The Labute approximate surface area is 125 Å². The largest absolute Gasteiger partial charge is 0.326 e. The molecule has 2 atom stereocenters. The van der Waals surface area contributed by atoms with Gasteiger partial charge in [-0.3, -0.25) is 4.90 Å². The van der Waals surface area contributed by atoms with Crippen molar-refractivity contribution in [1.29, 1.82) is 0 Å². The van der Waals surface area contributed by atoms with Crippen molar-refractivity contribution in [3.05, 3.63) is 52.0 Å². The van der Waals surface area contributed by atoms with Gasteiger partial charge in [-0.15, -0.1) is 11.3 Å². The molecule has 0 saturated carbocycles. The van der Waals surface area contributed by atoms with E-state index in [1.54, 1.807) is 11.3 Å². The molecule has 3 nitrogen and oxygen atoms in total. The lowest BCUT2D eigenvalue weighted by atomic mass is 9.96. The maximum atomic E-state index is 6.36. The molecule has 4 heteroatoms. The molecule has 2 aromatic rings. The molecule has 1 aromatic heterocycles. The average Bonchev–Trinajstić information content (AvgIpc) is 2.94. The second-order valence-corrected chi connectivity index (χ2v) is 6.04. The fourth-order valence-corrected chi connectivity index (χ4v) is 3.03. The summed E-state index contributed by atoms with van der Waals surface area (Å²) in [6.45, 7) is 5.08. The molecule has 1 heterocycles. The predicted molar refractivity (Wildman–Crippen MR) is 85.8 cm³/mol. The summed E-state index contributed by atoms with van der Waals surface area (Å²) in [7, 11) is 2.12. The molecule has 0 bridgehead atoms. The van der Waals surface area contributed by atoms with E-state index >= 15 is 0 Å². The average molecular weight is 289 g/mol. The summed E-state index contributed by atoms with van der Waals surface area (Å²) in [5.74, 6) is 0. The van der Waals surface area contributed by atoms with Crippen LogP contribution in [-0.4, -0.2) is 23.0 Å². The van der Waals surface area contributed by atoms with Crippen molar-refractivity contribution in [2.45, 2.75) is 38.9 Å². The molecular formula is C16H23N3S. The second-order valence-electron chi connectivity index (χ2n) is 5.32. The molecule has 0 saturated heterocycles. The highest BCUT2D eigenvalue weighted by molar-refractivity contribution is 7.07. The van der Waals surface area contributed by atoms with E-state index in [0.29, 0.717) is 0 Å². The lowest BCUT2D eigenvalue weighted by molar-refractivity contribution is 0.200. The smallest absolute Gasteiger partial charge is 0.0795 e. The Balaban J connectivity index is 2.20. The fourth-order valence-electron chi connectivity index (χ4n) is 2.48. The highest BCUT2D eigenvalue weighted by Gasteiger charge is 2.23. The summed E-state index contributed by atoms with van der Waals surface area (Å²) < 4.78 is 0. The van der Waals surface area contributed by atoms with Crippen molar-refractivity contribution in [3.63, 3.8) is 0 Å². The summed E-state index contributed by atoms with van der Waals surface area (Å²) in [4.78, 5) is 6.67. The summed E-state index contributed by atoms with van der Waals surface area (Å²) in [5.41, 5.74) is 11.9. The Kier molecular flexibility index (Phi) is 5.29. The van der Waals surface area contributed by atoms with Crippen molar-refractivity contribution in [2.24, 2.45) is 5.73 Å². The van der Waals surface area contributed by atoms with E-state index in [4.69, 9.17) is 5.73 Å². The Hall–Kier alpha value is -1.23. The van der Waals surface area contributed by atoms with Gasteiger partial charge in [0.2, 0.25) is 0 Å². The summed E-state index contributed by atoms with van der Waals surface area (Å²) in [6.07, 6.45) is 0.958. The number of likely N-dealkylation sites (N-methyl/N-ethyl adjacent to an activating group) is 1. The van der Waals surface area contributed by atoms with Gasteiger partial charge in [0, 0.05) is 24.0 Å². The molecule has 108 valence electrons. The zero-order valence-corrected chi connectivity index (χ0v) is 13.2. The highest BCUT2D eigenvalue weighted by atomic mass is 32.1. The van der Waals surface area contributed by atoms with Gasteiger partial charge in [-0.05, 0) is 26.0 Å². The monoisotopic (exact) mass is 289 g/mol. The van der Waals surface area contributed by atoms with Gasteiger partial charge in [-0.25, -0.2) is 4.98 Å². The van der Waals surface area contributed by atoms with Crippen molar-refractivity contribution < 1.29 is 0 Å². The van der Waals surface area contributed by atoms with Crippen LogP contribution in [0.5, 0.6) is 0 Å². The van der Waals surface area contributed by atoms with Gasteiger partial charge in [-0.2, -0.15) is 0 Å². The van der Waals surface area contributed by atoms with E-state index < -0.39 is 0 Å². The number of nitrogens with two attached hydrogens (primary N) is 1. The Morgan fingerprint density at radius 1 is 1.30 bits per heavy atom. The normalized spacial score (nSPS) is 14.4. The van der Waals surface area contributed by atoms with Crippen LogP contribution in [0.4, 0.5) is 0 Å². The van der Waals surface area contributed by atoms with Crippen LogP contribution in [0, 0.1) is 6.92 Å². The number of thiazole rings is 1. The number of aromatic nitrogens is 1. The first-order chi connectivity index (χ1) is 9.61. The first kappa shape index (κ1) is 15.2. The van der Waals surface area contributed by atoms with Gasteiger partial charge < -0.3 is 5.73 Å². The number of benzene rings is 1. The molecule has 2 rings (SSSR count). The van der Waals surface area contributed by atoms with Crippen LogP contribution in [0.1, 0.15) is 36.2 Å². The van der Waals surface area contributed by atoms with Gasteiger partial charge in [0.15, 0.2) is 0 Å². The molecule has 0 spiro atoms. The third-order valence-corrected chi connectivity index (χ3v) is 4.30. The van der Waals surface area contributed by atoms with Crippen molar-refractivity contribution in [2.75, 3.05) is 7.05 Å². The quantitative estimate of drug-likeness (QED) is 0.886. The number of rotatable bonds is 6. The third-order valence-electron chi connectivity index (χ3n) is 3.67. The van der Waals surface area contributed by atoms with Crippen LogP contribution in [0.2, 0.25) is 0 Å². The first-order valence-corrected chi connectivity index (χ1v) is 7.95. The van der Waals surface area contributed by atoms with Gasteiger partial charge in [-0.1, -0.05) is 36.8 Å². The lowest BCUT2D eigenvalue weighted by Gasteiger charge is -2.32.